The highest BCUT2D eigenvalue weighted by molar-refractivity contribution is 7.17. The number of hydrogen-bond donors (Lipinski definition) is 1. The van der Waals surface area contributed by atoms with E-state index in [-0.39, 0.29) is 17.9 Å². The first-order valence-corrected chi connectivity index (χ1v) is 15.5. The maximum absolute atomic E-state index is 12.7. The Bertz CT molecular complexity index is 1490. The molecule has 0 amide bonds. The number of piperazine rings is 1. The van der Waals surface area contributed by atoms with Crippen molar-refractivity contribution in [3.8, 4) is 5.75 Å². The molecule has 0 radical (unpaired) electrons. The number of nitrogens with zero attached hydrogens (tertiary/aromatic N) is 2. The monoisotopic (exact) mass is 577 g/mol. The Labute approximate surface area is 244 Å². The molecular weight excluding hydrogens is 538 g/mol. The lowest BCUT2D eigenvalue weighted by atomic mass is 10.1. The molecule has 41 heavy (non-hydrogen) atoms. The molecule has 1 saturated heterocycles. The number of unbranched alkanes of at least 4 members (excludes halogenated alkanes) is 1. The van der Waals surface area contributed by atoms with E-state index in [0.29, 0.717) is 13.0 Å². The number of nitrogens with one attached hydrogen (secondary N) is 1. The third kappa shape index (κ3) is 7.40. The number of H-pyrrole nitrogens is 1. The lowest BCUT2D eigenvalue weighted by Crippen LogP contribution is -2.51. The third-order valence-corrected chi connectivity index (χ3v) is 8.63. The minimum Gasteiger partial charge on any atom is -0.494 e. The normalized spacial score (nSPS) is 15.0. The van der Waals surface area contributed by atoms with E-state index in [1.54, 1.807) is 17.4 Å². The summed E-state index contributed by atoms with van der Waals surface area (Å²) in [5.41, 5.74) is 1.89. The average molecular weight is 578 g/mol. The van der Waals surface area contributed by atoms with Crippen molar-refractivity contribution in [1.82, 2.24) is 9.88 Å². The fraction of sp³-hybridized carbons (Fsp3) is 0.438. The van der Waals surface area contributed by atoms with Crippen molar-refractivity contribution in [1.29, 1.82) is 0 Å². The van der Waals surface area contributed by atoms with Gasteiger partial charge in [0.15, 0.2) is 6.23 Å². The van der Waals surface area contributed by atoms with E-state index in [1.165, 1.54) is 21.8 Å². The molecule has 2 aromatic heterocycles. The van der Waals surface area contributed by atoms with E-state index in [9.17, 15) is 9.59 Å². The Hall–Kier alpha value is -3.56. The molecule has 0 spiro atoms. The summed E-state index contributed by atoms with van der Waals surface area (Å²) < 4.78 is 18.8. The predicted octanol–water partition coefficient (Wildman–Crippen LogP) is 6.78. The highest BCUT2D eigenvalue weighted by Crippen LogP contribution is 2.31. The van der Waals surface area contributed by atoms with E-state index >= 15 is 0 Å². The summed E-state index contributed by atoms with van der Waals surface area (Å²) in [4.78, 5) is 31.9. The first kappa shape index (κ1) is 29.0. The van der Waals surface area contributed by atoms with Crippen LogP contribution in [0, 0.1) is 0 Å². The van der Waals surface area contributed by atoms with Gasteiger partial charge in [-0.25, -0.2) is 4.79 Å². The number of ether oxygens (including phenoxy) is 3. The molecule has 1 aliphatic heterocycles. The zero-order chi connectivity index (χ0) is 28.6. The van der Waals surface area contributed by atoms with Gasteiger partial charge in [-0.2, -0.15) is 0 Å². The second-order valence-corrected chi connectivity index (χ2v) is 11.4. The first-order valence-electron chi connectivity index (χ1n) is 14.6. The fourth-order valence-electron chi connectivity index (χ4n) is 5.38. The van der Waals surface area contributed by atoms with Gasteiger partial charge in [0.25, 0.3) is 0 Å². The van der Waals surface area contributed by atoms with Gasteiger partial charge in [0, 0.05) is 54.1 Å². The molecule has 5 rings (SSSR count). The fourth-order valence-corrected chi connectivity index (χ4v) is 6.19. The van der Waals surface area contributed by atoms with Crippen LogP contribution in [-0.4, -0.2) is 61.2 Å². The topological polar surface area (TPSA) is 84.1 Å². The van der Waals surface area contributed by atoms with E-state index in [2.05, 4.69) is 44.4 Å². The Balaban J connectivity index is 1.16. The van der Waals surface area contributed by atoms with Crippen LogP contribution in [0.3, 0.4) is 0 Å². The molecule has 218 valence electrons. The van der Waals surface area contributed by atoms with Gasteiger partial charge in [-0.15, -0.1) is 11.3 Å². The number of hydrogen-bond acceptors (Lipinski definition) is 8. The van der Waals surface area contributed by atoms with Gasteiger partial charge in [-0.05, 0) is 79.3 Å². The number of anilines is 1. The molecule has 0 saturated carbocycles. The molecular formula is C32H39N3O5S. The molecule has 1 N–H and O–H groups in total. The molecule has 9 heteroatoms. The van der Waals surface area contributed by atoms with Crippen LogP contribution in [0.5, 0.6) is 5.75 Å². The van der Waals surface area contributed by atoms with Crippen LogP contribution in [0.4, 0.5) is 10.5 Å². The summed E-state index contributed by atoms with van der Waals surface area (Å²) in [5.74, 6) is 0.720. The van der Waals surface area contributed by atoms with Crippen LogP contribution in [0.15, 0.2) is 64.8 Å². The molecule has 1 aliphatic rings. The standard InChI is InChI=1S/C32H39N3O5S/c1-3-24(4-2)39-32(37)40-31(10-5-6-20-38-25-13-11-23-12-14-30(36)33-27(23)22-25)35-18-16-34(17-19-35)28-8-7-9-29-26(28)15-21-41-29/h7-9,11-15,21-22,24,31H,3-6,10,16-20H2,1-2H3,(H,33,36). The predicted molar refractivity (Wildman–Crippen MR) is 165 cm³/mol. The van der Waals surface area contributed by atoms with Gasteiger partial charge in [-0.1, -0.05) is 19.9 Å². The molecule has 1 fully saturated rings. The van der Waals surface area contributed by atoms with Crippen molar-refractivity contribution in [3.63, 3.8) is 0 Å². The van der Waals surface area contributed by atoms with E-state index in [4.69, 9.17) is 14.2 Å². The number of carbonyl (C=O) groups excluding carboxylic acids is 1. The summed E-state index contributed by atoms with van der Waals surface area (Å²) in [7, 11) is 0. The Morgan fingerprint density at radius 3 is 2.59 bits per heavy atom. The van der Waals surface area contributed by atoms with Crippen molar-refractivity contribution in [2.75, 3.05) is 37.7 Å². The van der Waals surface area contributed by atoms with Crippen LogP contribution in [0.25, 0.3) is 21.0 Å². The third-order valence-electron chi connectivity index (χ3n) is 7.75. The summed E-state index contributed by atoms with van der Waals surface area (Å²) in [6.07, 6.45) is 2.82. The Morgan fingerprint density at radius 2 is 1.78 bits per heavy atom. The number of carbonyl (C=O) groups is 1. The zero-order valence-corrected chi connectivity index (χ0v) is 24.7. The van der Waals surface area contributed by atoms with Crippen LogP contribution in [0.2, 0.25) is 0 Å². The minimum absolute atomic E-state index is 0.128. The Kier molecular flexibility index (Phi) is 9.80. The van der Waals surface area contributed by atoms with Gasteiger partial charge in [0.1, 0.15) is 11.9 Å². The second kappa shape index (κ2) is 13.9. The number of benzene rings is 2. The van der Waals surface area contributed by atoms with Crippen LogP contribution >= 0.6 is 11.3 Å². The minimum atomic E-state index is -0.587. The van der Waals surface area contributed by atoms with Crippen molar-refractivity contribution in [2.45, 2.75) is 58.3 Å². The zero-order valence-electron chi connectivity index (χ0n) is 23.8. The van der Waals surface area contributed by atoms with Crippen LogP contribution in [-0.2, 0) is 9.47 Å². The van der Waals surface area contributed by atoms with Gasteiger partial charge < -0.3 is 24.1 Å². The number of aromatic nitrogens is 1. The number of aromatic amines is 1. The van der Waals surface area contributed by atoms with Crippen molar-refractivity contribution in [2.24, 2.45) is 0 Å². The van der Waals surface area contributed by atoms with Crippen molar-refractivity contribution in [3.05, 3.63) is 70.3 Å². The van der Waals surface area contributed by atoms with Gasteiger partial charge in [-0.3, -0.25) is 9.69 Å². The average Bonchev–Trinajstić information content (AvgIpc) is 3.48. The van der Waals surface area contributed by atoms with Gasteiger partial charge >= 0.3 is 6.16 Å². The van der Waals surface area contributed by atoms with Crippen LogP contribution < -0.4 is 15.2 Å². The summed E-state index contributed by atoms with van der Waals surface area (Å²) >= 11 is 1.77. The Morgan fingerprint density at radius 1 is 0.976 bits per heavy atom. The molecule has 8 nitrogen and oxygen atoms in total. The van der Waals surface area contributed by atoms with Gasteiger partial charge in [0.05, 0.1) is 12.1 Å². The quantitative estimate of drug-likeness (QED) is 0.147. The smallest absolute Gasteiger partial charge is 0.494 e. The van der Waals surface area contributed by atoms with E-state index in [1.807, 2.05) is 32.0 Å². The summed E-state index contributed by atoms with van der Waals surface area (Å²) in [5, 5.41) is 4.40. The summed E-state index contributed by atoms with van der Waals surface area (Å²) in [6, 6.07) is 17.7. The molecule has 1 atom stereocenters. The maximum atomic E-state index is 12.7. The first-order chi connectivity index (χ1) is 20.0. The highest BCUT2D eigenvalue weighted by Gasteiger charge is 2.28. The molecule has 3 heterocycles. The second-order valence-electron chi connectivity index (χ2n) is 10.4. The SMILES string of the molecule is CCC(CC)OC(=O)OC(CCCCOc1ccc2ccc(=O)[nH]c2c1)N1CCN(c2cccc3sccc23)CC1. The van der Waals surface area contributed by atoms with Crippen LogP contribution in [0.1, 0.15) is 46.0 Å². The number of fused-ring (bicyclic) bond motifs is 2. The largest absolute Gasteiger partial charge is 0.510 e. The molecule has 1 unspecified atom stereocenters. The maximum Gasteiger partial charge on any atom is 0.510 e. The lowest BCUT2D eigenvalue weighted by molar-refractivity contribution is -0.0662. The van der Waals surface area contributed by atoms with Crippen molar-refractivity contribution < 1.29 is 19.0 Å². The highest BCUT2D eigenvalue weighted by atomic mass is 32.1. The summed E-state index contributed by atoms with van der Waals surface area (Å²) in [6.45, 7) is 7.89. The molecule has 0 bridgehead atoms. The molecule has 4 aromatic rings. The molecule has 2 aromatic carbocycles. The number of pyridine rings is 1. The van der Waals surface area contributed by atoms with E-state index < -0.39 is 6.16 Å². The van der Waals surface area contributed by atoms with E-state index in [0.717, 1.165) is 68.5 Å². The lowest BCUT2D eigenvalue weighted by Gasteiger charge is -2.39. The number of rotatable bonds is 12. The molecule has 0 aliphatic carbocycles. The number of thiophene rings is 1. The van der Waals surface area contributed by atoms with Gasteiger partial charge in [0.2, 0.25) is 5.56 Å². The van der Waals surface area contributed by atoms with Crippen molar-refractivity contribution >= 4 is 44.2 Å².